The van der Waals surface area contributed by atoms with E-state index in [4.69, 9.17) is 4.74 Å². The van der Waals surface area contributed by atoms with E-state index < -0.39 is 12.0 Å². The predicted octanol–water partition coefficient (Wildman–Crippen LogP) is 18.0. The number of hydrogen-bond acceptors (Lipinski definition) is 3. The van der Waals surface area contributed by atoms with Gasteiger partial charge in [-0.15, -0.1) is 0 Å². The highest BCUT2D eigenvalue weighted by molar-refractivity contribution is 5.79. The van der Waals surface area contributed by atoms with E-state index in [-0.39, 0.29) is 41.7 Å². The van der Waals surface area contributed by atoms with Crippen LogP contribution < -0.4 is 0 Å². The van der Waals surface area contributed by atoms with Crippen molar-refractivity contribution in [2.45, 2.75) is 140 Å². The van der Waals surface area contributed by atoms with Crippen molar-refractivity contribution in [3.05, 3.63) is 261 Å². The molecule has 4 aromatic rings. The van der Waals surface area contributed by atoms with E-state index in [1.165, 1.54) is 82.2 Å². The van der Waals surface area contributed by atoms with Gasteiger partial charge in [-0.3, -0.25) is 4.79 Å². The summed E-state index contributed by atoms with van der Waals surface area (Å²) in [5.74, 6) is 2.16. The number of allylic oxidation sites excluding steroid dienone is 18. The number of esters is 1. The summed E-state index contributed by atoms with van der Waals surface area (Å²) in [5.41, 5.74) is 16.0. The summed E-state index contributed by atoms with van der Waals surface area (Å²) in [6.07, 6.45) is 48.4. The molecule has 0 amide bonds. The van der Waals surface area contributed by atoms with Crippen LogP contribution >= 0.6 is 0 Å². The smallest absolute Gasteiger partial charge is 0.314 e. The fourth-order valence-electron chi connectivity index (χ4n) is 17.4. The van der Waals surface area contributed by atoms with Crippen LogP contribution in [0.1, 0.15) is 149 Å². The van der Waals surface area contributed by atoms with Crippen molar-refractivity contribution >= 4 is 5.97 Å². The molecule has 9 aliphatic rings. The number of hydrogen-bond donors (Lipinski definition) is 1. The molecule has 4 aromatic carbocycles. The first-order chi connectivity index (χ1) is 38.9. The third kappa shape index (κ3) is 10.00. The van der Waals surface area contributed by atoms with Gasteiger partial charge in [0.2, 0.25) is 0 Å². The third-order valence-electron chi connectivity index (χ3n) is 21.0. The van der Waals surface area contributed by atoms with E-state index in [0.717, 1.165) is 69.8 Å². The second-order valence-electron chi connectivity index (χ2n) is 25.2. The molecule has 3 nitrogen and oxygen atoms in total. The van der Waals surface area contributed by atoms with Gasteiger partial charge >= 0.3 is 5.97 Å². The molecule has 0 saturated carbocycles. The van der Waals surface area contributed by atoms with Crippen molar-refractivity contribution in [2.75, 3.05) is 0 Å². The van der Waals surface area contributed by atoms with E-state index >= 15 is 4.79 Å². The Hall–Kier alpha value is -6.29. The van der Waals surface area contributed by atoms with Gasteiger partial charge in [-0.2, -0.15) is 0 Å². The molecule has 9 aliphatic carbocycles. The number of ether oxygens (including phenoxy) is 1. The molecule has 0 aromatic heterocycles. The van der Waals surface area contributed by atoms with Gasteiger partial charge in [0, 0.05) is 23.2 Å². The molecular formula is C76H82O3. The normalized spacial score (nSPS) is 33.2. The molecule has 0 aliphatic heterocycles. The van der Waals surface area contributed by atoms with E-state index in [1.807, 2.05) is 18.2 Å². The Labute approximate surface area is 472 Å². The largest absolute Gasteiger partial charge is 0.460 e. The first-order valence-corrected chi connectivity index (χ1v) is 30.9. The van der Waals surface area contributed by atoms with Crippen LogP contribution in [-0.2, 0) is 21.6 Å². The number of rotatable bonds is 12. The zero-order chi connectivity index (χ0) is 53.3. The third-order valence-corrected chi connectivity index (χ3v) is 21.0. The molecule has 0 spiro atoms. The molecule has 0 fully saturated rings. The van der Waals surface area contributed by atoms with Crippen molar-refractivity contribution < 1.29 is 14.6 Å². The highest BCUT2D eigenvalue weighted by atomic mass is 16.5. The van der Waals surface area contributed by atoms with Gasteiger partial charge in [0.25, 0.3) is 0 Å². The summed E-state index contributed by atoms with van der Waals surface area (Å²) in [6.45, 7) is 2.74. The fourth-order valence-corrected chi connectivity index (χ4v) is 17.4. The lowest BCUT2D eigenvalue weighted by Crippen LogP contribution is -2.45. The summed E-state index contributed by atoms with van der Waals surface area (Å²) in [7, 11) is 0. The zero-order valence-electron chi connectivity index (χ0n) is 46.7. The molecular weight excluding hydrogens is 961 g/mol. The van der Waals surface area contributed by atoms with Crippen LogP contribution in [0.2, 0.25) is 0 Å². The minimum Gasteiger partial charge on any atom is -0.460 e. The van der Waals surface area contributed by atoms with Crippen LogP contribution in [0.4, 0.5) is 0 Å². The average molecular weight is 1040 g/mol. The first kappa shape index (κ1) is 52.1. The Morgan fingerprint density at radius 2 is 1.43 bits per heavy atom. The molecule has 13 atom stereocenters. The second-order valence-corrected chi connectivity index (χ2v) is 25.2. The van der Waals surface area contributed by atoms with Crippen molar-refractivity contribution in [1.29, 1.82) is 0 Å². The second kappa shape index (κ2) is 23.1. The molecule has 0 heterocycles. The van der Waals surface area contributed by atoms with Gasteiger partial charge in [-0.25, -0.2) is 0 Å². The van der Waals surface area contributed by atoms with Gasteiger partial charge in [-0.1, -0.05) is 218 Å². The number of benzene rings is 4. The summed E-state index contributed by atoms with van der Waals surface area (Å²) >= 11 is 0. The van der Waals surface area contributed by atoms with Crippen LogP contribution in [0.15, 0.2) is 233 Å². The lowest BCUT2D eigenvalue weighted by atomic mass is 9.53. The molecule has 1 N–H and O–H groups in total. The molecule has 0 radical (unpaired) electrons. The van der Waals surface area contributed by atoms with Gasteiger partial charge in [0.05, 0.1) is 12.0 Å². The van der Waals surface area contributed by atoms with Gasteiger partial charge in [0.1, 0.15) is 6.61 Å². The molecule has 0 saturated heterocycles. The first-order valence-electron chi connectivity index (χ1n) is 30.9. The standard InChI is InChI=1S/C76H82O3/c1-51-23-17-18-36-62(51)69-46-59(47-71-73(69)65-37-19-20-40-70(65)76(71,60-32-13-5-14-33-60)61-34-15-6-16-35-61)63-38-22-39-64(74(63)75(78)79-50-52-24-7-2-8-25-52)68-49-72(77)67(56-28-11-4-12-29-56)48-66(68)58-31-21-30-57(45-58)55-43-41-54(42-44-55)53-26-9-3-10-27-53/h2,4-8,11-15,18-21,24-26,28-30,32-33,36-38,40-41,43-46,51,54,58,61-62,64,67,69,71-74,77H,3,9-10,16-17,22-23,27,31,34-35,39,42,47-50H2,1H3. The van der Waals surface area contributed by atoms with Crippen LogP contribution in [-0.4, -0.2) is 17.2 Å². The zero-order valence-corrected chi connectivity index (χ0v) is 46.7. The Bertz CT molecular complexity index is 3190. The van der Waals surface area contributed by atoms with E-state index in [2.05, 4.69) is 183 Å². The Morgan fingerprint density at radius 1 is 0.633 bits per heavy atom. The lowest BCUT2D eigenvalue weighted by Gasteiger charge is -2.50. The van der Waals surface area contributed by atoms with E-state index in [9.17, 15) is 5.11 Å². The maximum Gasteiger partial charge on any atom is 0.314 e. The highest BCUT2D eigenvalue weighted by Crippen LogP contribution is 2.67. The van der Waals surface area contributed by atoms with E-state index in [0.29, 0.717) is 41.9 Å². The summed E-state index contributed by atoms with van der Waals surface area (Å²) in [6, 6.07) is 42.3. The fraction of sp³-hybridized carbons (Fsp3) is 0.408. The predicted molar refractivity (Wildman–Crippen MR) is 323 cm³/mol. The number of carbonyl (C=O) groups is 1. The maximum absolute atomic E-state index is 15.9. The minimum atomic E-state index is -0.569. The minimum absolute atomic E-state index is 0.0304. The highest BCUT2D eigenvalue weighted by Gasteiger charge is 2.60. The SMILES string of the molecule is CC1CCC=CC1C1C=C(C2=CCCC(C3=C(C4C=C(C5=CCC(C6=CCCCC6)C=C5)C=CC4)CC(c4ccccc4)C(O)C3)C2C(=O)OCc2ccccc2)CC2C1c1ccccc1C2(c1ccccc1)C1CC=CCC1. The van der Waals surface area contributed by atoms with Gasteiger partial charge in [0.15, 0.2) is 0 Å². The number of aliphatic hydroxyl groups is 1. The molecule has 3 heteroatoms. The number of aliphatic hydroxyl groups excluding tert-OH is 1. The van der Waals surface area contributed by atoms with Gasteiger partial charge < -0.3 is 9.84 Å². The van der Waals surface area contributed by atoms with Crippen LogP contribution in [0.3, 0.4) is 0 Å². The van der Waals surface area contributed by atoms with Crippen molar-refractivity contribution in [3.63, 3.8) is 0 Å². The Kier molecular flexibility index (Phi) is 15.2. The summed E-state index contributed by atoms with van der Waals surface area (Å²) in [5, 5.41) is 12.7. The number of carbonyl (C=O) groups excluding carboxylic acids is 1. The molecule has 79 heavy (non-hydrogen) atoms. The molecule has 0 bridgehead atoms. The summed E-state index contributed by atoms with van der Waals surface area (Å²) in [4.78, 5) is 15.9. The van der Waals surface area contributed by atoms with E-state index in [1.54, 1.807) is 11.1 Å². The average Bonchev–Trinajstić information content (AvgIpc) is 3.07. The van der Waals surface area contributed by atoms with Crippen LogP contribution in [0, 0.1) is 53.3 Å². The Morgan fingerprint density at radius 3 is 2.20 bits per heavy atom. The monoisotopic (exact) mass is 1040 g/mol. The van der Waals surface area contributed by atoms with Crippen molar-refractivity contribution in [3.8, 4) is 0 Å². The van der Waals surface area contributed by atoms with Crippen molar-refractivity contribution in [1.82, 2.24) is 0 Å². The van der Waals surface area contributed by atoms with Crippen LogP contribution in [0.5, 0.6) is 0 Å². The summed E-state index contributed by atoms with van der Waals surface area (Å²) < 4.78 is 6.71. The maximum atomic E-state index is 15.9. The molecule has 404 valence electrons. The van der Waals surface area contributed by atoms with Crippen molar-refractivity contribution in [2.24, 2.45) is 53.3 Å². The number of fused-ring (bicyclic) bond motifs is 3. The lowest BCUT2D eigenvalue weighted by molar-refractivity contribution is -0.150. The Balaban J connectivity index is 0.945. The van der Waals surface area contributed by atoms with Gasteiger partial charge in [-0.05, 0) is 194 Å². The molecule has 13 unspecified atom stereocenters. The molecule has 13 rings (SSSR count). The quantitative estimate of drug-likeness (QED) is 0.114. The van der Waals surface area contributed by atoms with Crippen LogP contribution in [0.25, 0.3) is 0 Å². The topological polar surface area (TPSA) is 46.5 Å².